The number of sulfone groups is 1. The molecule has 0 aliphatic heterocycles. The Morgan fingerprint density at radius 2 is 1.75 bits per heavy atom. The predicted octanol–water partition coefficient (Wildman–Crippen LogP) is 3.20. The zero-order valence-corrected chi connectivity index (χ0v) is 16.0. The normalized spacial score (nSPS) is 12.5. The molecule has 2 aromatic rings. The minimum Gasteiger partial charge on any atom is -0.253 e. The molecule has 1 aromatic heterocycles. The van der Waals surface area contributed by atoms with Crippen molar-refractivity contribution in [3.05, 3.63) is 47.0 Å². The van der Waals surface area contributed by atoms with Gasteiger partial charge in [-0.1, -0.05) is 32.9 Å². The Balaban J connectivity index is 2.08. The molecule has 1 heterocycles. The quantitative estimate of drug-likeness (QED) is 0.803. The first kappa shape index (κ1) is 18.6. The first-order valence-corrected chi connectivity index (χ1v) is 10.0. The third-order valence-corrected chi connectivity index (χ3v) is 5.87. The Kier molecular flexibility index (Phi) is 5.48. The summed E-state index contributed by atoms with van der Waals surface area (Å²) in [6, 6.07) is 4.24. The Morgan fingerprint density at radius 1 is 1.12 bits per heavy atom. The van der Waals surface area contributed by atoms with E-state index in [9.17, 15) is 8.42 Å². The van der Waals surface area contributed by atoms with Crippen LogP contribution >= 0.6 is 0 Å². The van der Waals surface area contributed by atoms with Crippen LogP contribution in [0.5, 0.6) is 0 Å². The van der Waals surface area contributed by atoms with Gasteiger partial charge in [-0.05, 0) is 47.9 Å². The molecule has 0 atom stereocenters. The van der Waals surface area contributed by atoms with Crippen molar-refractivity contribution >= 4 is 9.84 Å². The average Bonchev–Trinajstić information content (AvgIpc) is 2.94. The van der Waals surface area contributed by atoms with Crippen LogP contribution in [0.4, 0.5) is 0 Å². The number of hydrogen-bond donors (Lipinski definition) is 0. The van der Waals surface area contributed by atoms with E-state index < -0.39 is 9.84 Å². The van der Waals surface area contributed by atoms with Crippen LogP contribution in [0.2, 0.25) is 0 Å². The lowest BCUT2D eigenvalue weighted by Crippen LogP contribution is -2.16. The topological polar surface area (TPSA) is 64.8 Å². The van der Waals surface area contributed by atoms with Gasteiger partial charge < -0.3 is 0 Å². The van der Waals surface area contributed by atoms with Crippen molar-refractivity contribution in [1.82, 2.24) is 14.8 Å². The van der Waals surface area contributed by atoms with E-state index >= 15 is 0 Å². The fraction of sp³-hybridized carbons (Fsp3) is 0.556. The molecule has 0 aliphatic rings. The van der Waals surface area contributed by atoms with Gasteiger partial charge in [0.05, 0.1) is 11.5 Å². The first-order valence-electron chi connectivity index (χ1n) is 8.22. The maximum absolute atomic E-state index is 12.5. The summed E-state index contributed by atoms with van der Waals surface area (Å²) in [6.07, 6.45) is 3.61. The summed E-state index contributed by atoms with van der Waals surface area (Å²) in [6.45, 7) is 11.1. The zero-order chi connectivity index (χ0) is 18.0. The number of aromatic nitrogens is 3. The predicted molar refractivity (Wildman–Crippen MR) is 96.7 cm³/mol. The van der Waals surface area contributed by atoms with Crippen molar-refractivity contribution in [2.45, 2.75) is 58.8 Å². The molecule has 0 N–H and O–H groups in total. The van der Waals surface area contributed by atoms with Gasteiger partial charge in [-0.15, -0.1) is 0 Å². The Morgan fingerprint density at radius 3 is 2.25 bits per heavy atom. The van der Waals surface area contributed by atoms with E-state index in [0.717, 1.165) is 16.7 Å². The highest BCUT2D eigenvalue weighted by Gasteiger charge is 2.19. The highest BCUT2D eigenvalue weighted by molar-refractivity contribution is 7.90. The van der Waals surface area contributed by atoms with Gasteiger partial charge in [0.1, 0.15) is 12.7 Å². The molecule has 0 unspecified atom stereocenters. The molecule has 0 fully saturated rings. The number of nitrogens with zero attached hydrogens (tertiary/aromatic N) is 3. The van der Waals surface area contributed by atoms with E-state index in [1.807, 2.05) is 13.8 Å². The van der Waals surface area contributed by atoms with Gasteiger partial charge in [0.25, 0.3) is 0 Å². The minimum atomic E-state index is -3.14. The lowest BCUT2D eigenvalue weighted by Gasteiger charge is -2.22. The highest BCUT2D eigenvalue weighted by atomic mass is 32.2. The summed E-state index contributed by atoms with van der Waals surface area (Å²) in [5.41, 5.74) is 4.35. The molecular weight excluding hydrogens is 322 g/mol. The van der Waals surface area contributed by atoms with Gasteiger partial charge in [-0.25, -0.2) is 13.4 Å². The third kappa shape index (κ3) is 4.90. The molecule has 0 spiro atoms. The van der Waals surface area contributed by atoms with Crippen LogP contribution < -0.4 is 0 Å². The lowest BCUT2D eigenvalue weighted by atomic mass is 9.84. The number of hydrogen-bond acceptors (Lipinski definition) is 4. The van der Waals surface area contributed by atoms with E-state index in [0.29, 0.717) is 13.0 Å². The summed E-state index contributed by atoms with van der Waals surface area (Å²) < 4.78 is 26.6. The minimum absolute atomic E-state index is 0.0602. The molecule has 0 bridgehead atoms. The molecular formula is C18H27N3O2S. The maximum Gasteiger partial charge on any atom is 0.154 e. The highest BCUT2D eigenvalue weighted by Crippen LogP contribution is 2.28. The smallest absolute Gasteiger partial charge is 0.154 e. The van der Waals surface area contributed by atoms with Crippen molar-refractivity contribution in [3.8, 4) is 0 Å². The van der Waals surface area contributed by atoms with Crippen LogP contribution in [0.3, 0.4) is 0 Å². The van der Waals surface area contributed by atoms with Crippen molar-refractivity contribution in [2.24, 2.45) is 0 Å². The van der Waals surface area contributed by atoms with Crippen molar-refractivity contribution in [1.29, 1.82) is 0 Å². The second-order valence-corrected chi connectivity index (χ2v) is 9.63. The monoisotopic (exact) mass is 349 g/mol. The summed E-state index contributed by atoms with van der Waals surface area (Å²) in [4.78, 5) is 3.86. The molecule has 132 valence electrons. The first-order chi connectivity index (χ1) is 11.1. The van der Waals surface area contributed by atoms with Gasteiger partial charge in [-0.3, -0.25) is 4.68 Å². The third-order valence-electron chi connectivity index (χ3n) is 4.24. The van der Waals surface area contributed by atoms with E-state index in [4.69, 9.17) is 0 Å². The van der Waals surface area contributed by atoms with Crippen LogP contribution in [-0.2, 0) is 27.5 Å². The second-order valence-electron chi connectivity index (χ2n) is 7.44. The lowest BCUT2D eigenvalue weighted by molar-refractivity contribution is 0.571. The zero-order valence-electron chi connectivity index (χ0n) is 15.2. The van der Waals surface area contributed by atoms with E-state index in [1.54, 1.807) is 11.0 Å². The number of aryl methyl sites for hydroxylation is 3. The molecule has 6 heteroatoms. The van der Waals surface area contributed by atoms with Crippen LogP contribution in [-0.4, -0.2) is 28.9 Å². The van der Waals surface area contributed by atoms with Crippen molar-refractivity contribution in [2.75, 3.05) is 5.75 Å². The van der Waals surface area contributed by atoms with Crippen LogP contribution in [0.15, 0.2) is 24.8 Å². The SMILES string of the molecule is Cc1cc(C(C)(C)C)cc(C)c1CS(=O)(=O)CCCn1cncn1. The van der Waals surface area contributed by atoms with Gasteiger partial charge >= 0.3 is 0 Å². The maximum atomic E-state index is 12.5. The molecule has 0 aliphatic carbocycles. The van der Waals surface area contributed by atoms with Gasteiger partial charge in [0.15, 0.2) is 9.84 Å². The van der Waals surface area contributed by atoms with Gasteiger partial charge in [0.2, 0.25) is 0 Å². The average molecular weight is 350 g/mol. The molecule has 0 radical (unpaired) electrons. The molecule has 2 rings (SSSR count). The fourth-order valence-corrected chi connectivity index (χ4v) is 4.35. The number of benzene rings is 1. The fourth-order valence-electron chi connectivity index (χ4n) is 2.74. The molecule has 0 saturated carbocycles. The Hall–Kier alpha value is -1.69. The summed E-state index contributed by atoms with van der Waals surface area (Å²) in [5, 5.41) is 3.99. The van der Waals surface area contributed by atoms with E-state index in [2.05, 4.69) is 43.0 Å². The van der Waals surface area contributed by atoms with E-state index in [-0.39, 0.29) is 16.9 Å². The Labute approximate surface area is 145 Å². The molecule has 1 aromatic carbocycles. The molecule has 0 saturated heterocycles. The largest absolute Gasteiger partial charge is 0.253 e. The van der Waals surface area contributed by atoms with Crippen molar-refractivity contribution in [3.63, 3.8) is 0 Å². The summed E-state index contributed by atoms with van der Waals surface area (Å²) in [7, 11) is -3.14. The second kappa shape index (κ2) is 7.05. The van der Waals surface area contributed by atoms with E-state index in [1.165, 1.54) is 11.9 Å². The van der Waals surface area contributed by atoms with Crippen LogP contribution in [0.1, 0.15) is 49.4 Å². The standard InChI is InChI=1S/C18H27N3O2S/c1-14-9-16(18(3,4)5)10-15(2)17(14)11-24(22,23)8-6-7-21-13-19-12-20-21/h9-10,12-13H,6-8,11H2,1-5H3. The summed E-state index contributed by atoms with van der Waals surface area (Å²) >= 11 is 0. The van der Waals surface area contributed by atoms with Crippen molar-refractivity contribution < 1.29 is 8.42 Å². The summed E-state index contributed by atoms with van der Waals surface area (Å²) in [5.74, 6) is 0.263. The van der Waals surface area contributed by atoms with Crippen LogP contribution in [0.25, 0.3) is 0 Å². The van der Waals surface area contributed by atoms with Gasteiger partial charge in [-0.2, -0.15) is 5.10 Å². The molecule has 5 nitrogen and oxygen atoms in total. The van der Waals surface area contributed by atoms with Crippen LogP contribution in [0, 0.1) is 13.8 Å². The number of rotatable bonds is 6. The molecule has 24 heavy (non-hydrogen) atoms. The molecule has 0 amide bonds. The Bertz CT molecular complexity index is 765. The van der Waals surface area contributed by atoms with Gasteiger partial charge in [0, 0.05) is 6.54 Å².